The molecule has 1 aromatic rings. The lowest BCUT2D eigenvalue weighted by molar-refractivity contribution is -0.0436. The standard InChI is InChI=1S/C10H11BrF3NO2S/c1-15(7-6-11)8-2-4-9(5-3-8)18(16,17)10(12,13)14/h2-5H,6-7H2,1H3. The van der Waals surface area contributed by atoms with Crippen LogP contribution in [0.4, 0.5) is 18.9 Å². The Kier molecular flexibility index (Phi) is 4.66. The Labute approximate surface area is 112 Å². The SMILES string of the molecule is CN(CCBr)c1ccc(S(=O)(=O)C(F)(F)F)cc1. The predicted molar refractivity (Wildman–Crippen MR) is 66.7 cm³/mol. The first kappa shape index (κ1) is 15.3. The average molecular weight is 346 g/mol. The van der Waals surface area contributed by atoms with Gasteiger partial charge in [0.05, 0.1) is 4.90 Å². The highest BCUT2D eigenvalue weighted by molar-refractivity contribution is 9.09. The van der Waals surface area contributed by atoms with Gasteiger partial charge in [-0.2, -0.15) is 13.2 Å². The number of anilines is 1. The molecule has 0 amide bonds. The van der Waals surface area contributed by atoms with Gasteiger partial charge in [-0.05, 0) is 24.3 Å². The van der Waals surface area contributed by atoms with E-state index in [1.165, 1.54) is 12.1 Å². The third kappa shape index (κ3) is 3.17. The van der Waals surface area contributed by atoms with E-state index in [-0.39, 0.29) is 0 Å². The van der Waals surface area contributed by atoms with Gasteiger partial charge >= 0.3 is 5.51 Å². The first-order chi connectivity index (χ1) is 8.20. The first-order valence-electron chi connectivity index (χ1n) is 4.88. The largest absolute Gasteiger partial charge is 0.501 e. The van der Waals surface area contributed by atoms with E-state index < -0.39 is 20.2 Å². The zero-order chi connectivity index (χ0) is 14.0. The molecule has 0 N–H and O–H groups in total. The Balaban J connectivity index is 3.04. The maximum atomic E-state index is 12.3. The van der Waals surface area contributed by atoms with Gasteiger partial charge in [-0.3, -0.25) is 0 Å². The van der Waals surface area contributed by atoms with Crippen LogP contribution in [-0.4, -0.2) is 32.8 Å². The molecule has 0 heterocycles. The van der Waals surface area contributed by atoms with Gasteiger partial charge in [0.1, 0.15) is 0 Å². The number of halogens is 4. The monoisotopic (exact) mass is 345 g/mol. The Morgan fingerprint density at radius 1 is 1.22 bits per heavy atom. The van der Waals surface area contributed by atoms with Crippen LogP contribution in [0, 0.1) is 0 Å². The maximum Gasteiger partial charge on any atom is 0.501 e. The minimum absolute atomic E-state index is 0.649. The average Bonchev–Trinajstić information content (AvgIpc) is 2.28. The van der Waals surface area contributed by atoms with Gasteiger partial charge in [-0.25, -0.2) is 8.42 Å². The molecule has 0 aliphatic rings. The van der Waals surface area contributed by atoms with Crippen molar-refractivity contribution in [2.45, 2.75) is 10.4 Å². The van der Waals surface area contributed by atoms with E-state index in [1.807, 2.05) is 0 Å². The summed E-state index contributed by atoms with van der Waals surface area (Å²) in [6.07, 6.45) is 0. The molecule has 0 radical (unpaired) electrons. The predicted octanol–water partition coefficient (Wildman–Crippen LogP) is 2.81. The summed E-state index contributed by atoms with van der Waals surface area (Å²) in [5, 5.41) is 0.700. The summed E-state index contributed by atoms with van der Waals surface area (Å²) in [5.74, 6) is 0. The second-order valence-electron chi connectivity index (χ2n) is 3.55. The topological polar surface area (TPSA) is 37.4 Å². The van der Waals surface area contributed by atoms with Crippen molar-refractivity contribution in [1.29, 1.82) is 0 Å². The van der Waals surface area contributed by atoms with Crippen molar-refractivity contribution >= 4 is 31.5 Å². The summed E-state index contributed by atoms with van der Waals surface area (Å²) in [6, 6.07) is 4.62. The number of benzene rings is 1. The Morgan fingerprint density at radius 2 is 1.72 bits per heavy atom. The molecule has 102 valence electrons. The van der Waals surface area contributed by atoms with Crippen molar-refractivity contribution in [3.63, 3.8) is 0 Å². The number of sulfone groups is 1. The number of alkyl halides is 4. The molecule has 0 saturated heterocycles. The van der Waals surface area contributed by atoms with Gasteiger partial charge < -0.3 is 4.90 Å². The van der Waals surface area contributed by atoms with Crippen molar-refractivity contribution in [3.8, 4) is 0 Å². The Bertz CT molecular complexity index is 499. The minimum Gasteiger partial charge on any atom is -0.374 e. The van der Waals surface area contributed by atoms with Crippen LogP contribution in [0.1, 0.15) is 0 Å². The number of hydrogen-bond acceptors (Lipinski definition) is 3. The second kappa shape index (κ2) is 5.48. The van der Waals surface area contributed by atoms with Gasteiger partial charge in [-0.15, -0.1) is 0 Å². The smallest absolute Gasteiger partial charge is 0.374 e. The summed E-state index contributed by atoms with van der Waals surface area (Å²) in [6.45, 7) is 0.658. The maximum absolute atomic E-state index is 12.3. The third-order valence-corrected chi connectivity index (χ3v) is 4.17. The fraction of sp³-hybridized carbons (Fsp3) is 0.400. The summed E-state index contributed by atoms with van der Waals surface area (Å²) in [7, 11) is -3.50. The van der Waals surface area contributed by atoms with Gasteiger partial charge in [-0.1, -0.05) is 15.9 Å². The van der Waals surface area contributed by atoms with Crippen LogP contribution < -0.4 is 4.90 Å². The molecule has 0 aliphatic carbocycles. The van der Waals surface area contributed by atoms with Gasteiger partial charge in [0.2, 0.25) is 0 Å². The van der Waals surface area contributed by atoms with Gasteiger partial charge in [0.15, 0.2) is 0 Å². The second-order valence-corrected chi connectivity index (χ2v) is 6.29. The van der Waals surface area contributed by atoms with E-state index in [9.17, 15) is 21.6 Å². The van der Waals surface area contributed by atoms with E-state index in [1.54, 1.807) is 11.9 Å². The van der Waals surface area contributed by atoms with Crippen molar-refractivity contribution in [1.82, 2.24) is 0 Å². The van der Waals surface area contributed by atoms with E-state index in [0.29, 0.717) is 17.6 Å². The zero-order valence-electron chi connectivity index (χ0n) is 9.41. The molecule has 3 nitrogen and oxygen atoms in total. The molecule has 18 heavy (non-hydrogen) atoms. The molecule has 0 bridgehead atoms. The normalized spacial score (nSPS) is 12.5. The van der Waals surface area contributed by atoms with Crippen LogP contribution in [0.15, 0.2) is 29.2 Å². The molecule has 0 spiro atoms. The van der Waals surface area contributed by atoms with Crippen LogP contribution in [0.3, 0.4) is 0 Å². The molecular weight excluding hydrogens is 335 g/mol. The lowest BCUT2D eigenvalue weighted by Crippen LogP contribution is -2.23. The van der Waals surface area contributed by atoms with Crippen molar-refractivity contribution in [2.75, 3.05) is 23.8 Å². The number of rotatable bonds is 4. The molecule has 0 fully saturated rings. The zero-order valence-corrected chi connectivity index (χ0v) is 11.8. The third-order valence-electron chi connectivity index (χ3n) is 2.31. The molecule has 0 saturated carbocycles. The highest BCUT2D eigenvalue weighted by atomic mass is 79.9. The molecule has 1 rings (SSSR count). The number of nitrogens with zero attached hydrogens (tertiary/aromatic N) is 1. The highest BCUT2D eigenvalue weighted by Gasteiger charge is 2.46. The molecule has 8 heteroatoms. The first-order valence-corrected chi connectivity index (χ1v) is 7.49. The van der Waals surface area contributed by atoms with E-state index in [0.717, 1.165) is 12.1 Å². The van der Waals surface area contributed by atoms with Crippen molar-refractivity contribution in [2.24, 2.45) is 0 Å². The Hall–Kier alpha value is -0.760. The van der Waals surface area contributed by atoms with Crippen molar-refractivity contribution < 1.29 is 21.6 Å². The summed E-state index contributed by atoms with van der Waals surface area (Å²) in [5.41, 5.74) is -4.62. The molecule has 0 aromatic heterocycles. The lowest BCUT2D eigenvalue weighted by atomic mass is 10.3. The van der Waals surface area contributed by atoms with Crippen LogP contribution in [0.5, 0.6) is 0 Å². The Morgan fingerprint density at radius 3 is 2.11 bits per heavy atom. The minimum atomic E-state index is -5.27. The molecule has 0 unspecified atom stereocenters. The number of hydrogen-bond donors (Lipinski definition) is 0. The van der Waals surface area contributed by atoms with Crippen LogP contribution in [-0.2, 0) is 9.84 Å². The molecular formula is C10H11BrF3NO2S. The van der Waals surface area contributed by atoms with Crippen LogP contribution in [0.25, 0.3) is 0 Å². The van der Waals surface area contributed by atoms with Crippen LogP contribution >= 0.6 is 15.9 Å². The molecule has 1 aromatic carbocycles. The van der Waals surface area contributed by atoms with E-state index >= 15 is 0 Å². The van der Waals surface area contributed by atoms with E-state index in [4.69, 9.17) is 0 Å². The molecule has 0 aliphatic heterocycles. The van der Waals surface area contributed by atoms with E-state index in [2.05, 4.69) is 15.9 Å². The lowest BCUT2D eigenvalue weighted by Gasteiger charge is -2.18. The summed E-state index contributed by atoms with van der Waals surface area (Å²) in [4.78, 5) is 1.05. The highest BCUT2D eigenvalue weighted by Crippen LogP contribution is 2.30. The fourth-order valence-corrected chi connectivity index (χ4v) is 2.56. The summed E-state index contributed by atoms with van der Waals surface area (Å²) < 4.78 is 59.1. The quantitative estimate of drug-likeness (QED) is 0.787. The summed E-state index contributed by atoms with van der Waals surface area (Å²) >= 11 is 3.23. The van der Waals surface area contributed by atoms with Crippen LogP contribution in [0.2, 0.25) is 0 Å². The van der Waals surface area contributed by atoms with Crippen molar-refractivity contribution in [3.05, 3.63) is 24.3 Å². The fourth-order valence-electron chi connectivity index (χ4n) is 1.27. The van der Waals surface area contributed by atoms with Gasteiger partial charge in [0.25, 0.3) is 9.84 Å². The molecule has 0 atom stereocenters. The van der Waals surface area contributed by atoms with Gasteiger partial charge in [0, 0.05) is 24.6 Å².